The molecule has 0 aliphatic carbocycles. The number of halogens is 1. The first kappa shape index (κ1) is 16.7. The van der Waals surface area contributed by atoms with E-state index in [1.165, 1.54) is 22.3 Å². The number of fused-ring (bicyclic) bond motifs is 2. The summed E-state index contributed by atoms with van der Waals surface area (Å²) in [5.41, 5.74) is 6.47. The van der Waals surface area contributed by atoms with E-state index in [0.717, 1.165) is 55.5 Å². The fraction of sp³-hybridized carbons (Fsp3) is 0.429. The van der Waals surface area contributed by atoms with E-state index in [2.05, 4.69) is 48.7 Å². The van der Waals surface area contributed by atoms with Gasteiger partial charge in [0.15, 0.2) is 0 Å². The average molecular weight is 357 g/mol. The van der Waals surface area contributed by atoms with Crippen molar-refractivity contribution in [1.82, 2.24) is 5.32 Å². The van der Waals surface area contributed by atoms with Gasteiger partial charge in [-0.15, -0.1) is 0 Å². The van der Waals surface area contributed by atoms with Gasteiger partial charge in [-0.1, -0.05) is 43.6 Å². The number of anilines is 1. The van der Waals surface area contributed by atoms with E-state index in [0.29, 0.717) is 0 Å². The summed E-state index contributed by atoms with van der Waals surface area (Å²) in [5.74, 6) is 1.02. The Labute approximate surface area is 154 Å². The van der Waals surface area contributed by atoms with Crippen LogP contribution in [0.1, 0.15) is 36.1 Å². The van der Waals surface area contributed by atoms with E-state index < -0.39 is 0 Å². The first-order valence-corrected chi connectivity index (χ1v) is 9.43. The molecule has 25 heavy (non-hydrogen) atoms. The maximum Gasteiger partial charge on any atom is 0.123 e. The SMILES string of the molecule is CC1(C)COc2cc(CNc3c(Cl)ccc4c3CCNCC4)ccc21. The Balaban J connectivity index is 1.56. The van der Waals surface area contributed by atoms with Crippen molar-refractivity contribution in [1.29, 1.82) is 0 Å². The number of ether oxygens (including phenoxy) is 1. The van der Waals surface area contributed by atoms with Crippen molar-refractivity contribution in [2.24, 2.45) is 0 Å². The molecule has 4 heteroatoms. The maximum atomic E-state index is 6.50. The summed E-state index contributed by atoms with van der Waals surface area (Å²) < 4.78 is 5.88. The molecule has 0 spiro atoms. The molecule has 0 amide bonds. The Kier molecular flexibility index (Phi) is 4.38. The molecule has 2 aliphatic heterocycles. The molecule has 2 aliphatic rings. The van der Waals surface area contributed by atoms with Crippen LogP contribution in [0.25, 0.3) is 0 Å². The third kappa shape index (κ3) is 3.23. The zero-order valence-corrected chi connectivity index (χ0v) is 15.7. The maximum absolute atomic E-state index is 6.50. The lowest BCUT2D eigenvalue weighted by Crippen LogP contribution is -2.18. The van der Waals surface area contributed by atoms with Gasteiger partial charge >= 0.3 is 0 Å². The van der Waals surface area contributed by atoms with Gasteiger partial charge in [-0.25, -0.2) is 0 Å². The molecule has 132 valence electrons. The largest absolute Gasteiger partial charge is 0.492 e. The summed E-state index contributed by atoms with van der Waals surface area (Å²) in [6.45, 7) is 7.99. The average Bonchev–Trinajstić information content (AvgIpc) is 2.76. The predicted molar refractivity (Wildman–Crippen MR) is 104 cm³/mol. The van der Waals surface area contributed by atoms with E-state index in [-0.39, 0.29) is 5.41 Å². The van der Waals surface area contributed by atoms with Crippen LogP contribution < -0.4 is 15.4 Å². The van der Waals surface area contributed by atoms with E-state index in [1.54, 1.807) is 0 Å². The second-order valence-corrected chi connectivity index (χ2v) is 8.07. The standard InChI is InChI=1S/C21H25ClN2O/c1-21(2)13-25-19-11-14(3-5-17(19)21)12-24-20-16-8-10-23-9-7-15(16)4-6-18(20)22/h3-6,11,23-24H,7-10,12-13H2,1-2H3. The first-order chi connectivity index (χ1) is 12.0. The fourth-order valence-corrected chi connectivity index (χ4v) is 4.06. The third-order valence-corrected chi connectivity index (χ3v) is 5.63. The Morgan fingerprint density at radius 1 is 1.16 bits per heavy atom. The predicted octanol–water partition coefficient (Wildman–Crippen LogP) is 4.31. The summed E-state index contributed by atoms with van der Waals surface area (Å²) in [7, 11) is 0. The Hall–Kier alpha value is -1.71. The second kappa shape index (κ2) is 6.54. The number of hydrogen-bond donors (Lipinski definition) is 2. The molecule has 0 unspecified atom stereocenters. The molecular formula is C21H25ClN2O. The summed E-state index contributed by atoms with van der Waals surface area (Å²) in [6, 6.07) is 10.7. The highest BCUT2D eigenvalue weighted by Crippen LogP contribution is 2.39. The highest BCUT2D eigenvalue weighted by Gasteiger charge is 2.31. The highest BCUT2D eigenvalue weighted by atomic mass is 35.5. The van der Waals surface area contributed by atoms with Gasteiger partial charge in [0, 0.05) is 17.5 Å². The van der Waals surface area contributed by atoms with E-state index in [4.69, 9.17) is 16.3 Å². The molecule has 3 nitrogen and oxygen atoms in total. The van der Waals surface area contributed by atoms with E-state index in [1.807, 2.05) is 6.07 Å². The monoisotopic (exact) mass is 356 g/mol. The summed E-state index contributed by atoms with van der Waals surface area (Å²) in [6.07, 6.45) is 2.07. The lowest BCUT2D eigenvalue weighted by atomic mass is 9.86. The molecule has 0 saturated heterocycles. The van der Waals surface area contributed by atoms with Crippen molar-refractivity contribution in [3.63, 3.8) is 0 Å². The van der Waals surface area contributed by atoms with Crippen molar-refractivity contribution in [2.75, 3.05) is 25.0 Å². The molecule has 2 aromatic rings. The van der Waals surface area contributed by atoms with Crippen molar-refractivity contribution >= 4 is 17.3 Å². The van der Waals surface area contributed by atoms with Gasteiger partial charge in [0.05, 0.1) is 17.3 Å². The van der Waals surface area contributed by atoms with Crippen LogP contribution in [0.4, 0.5) is 5.69 Å². The van der Waals surface area contributed by atoms with Crippen molar-refractivity contribution in [3.05, 3.63) is 57.6 Å². The highest BCUT2D eigenvalue weighted by molar-refractivity contribution is 6.33. The van der Waals surface area contributed by atoms with Crippen LogP contribution >= 0.6 is 11.6 Å². The normalized spacial score (nSPS) is 18.0. The van der Waals surface area contributed by atoms with E-state index in [9.17, 15) is 0 Å². The van der Waals surface area contributed by atoms with Gasteiger partial charge in [0.2, 0.25) is 0 Å². The topological polar surface area (TPSA) is 33.3 Å². The van der Waals surface area contributed by atoms with Gasteiger partial charge in [0.25, 0.3) is 0 Å². The van der Waals surface area contributed by atoms with Crippen LogP contribution in [0.2, 0.25) is 5.02 Å². The molecule has 0 atom stereocenters. The lowest BCUT2D eigenvalue weighted by molar-refractivity contribution is 0.291. The van der Waals surface area contributed by atoms with Crippen LogP contribution in [-0.4, -0.2) is 19.7 Å². The Bertz CT molecular complexity index is 801. The third-order valence-electron chi connectivity index (χ3n) is 5.31. The minimum Gasteiger partial charge on any atom is -0.492 e. The van der Waals surface area contributed by atoms with Crippen LogP contribution in [-0.2, 0) is 24.8 Å². The Morgan fingerprint density at radius 3 is 2.88 bits per heavy atom. The molecule has 0 radical (unpaired) electrons. The molecule has 0 aromatic heterocycles. The quantitative estimate of drug-likeness (QED) is 0.859. The van der Waals surface area contributed by atoms with Crippen LogP contribution in [0.5, 0.6) is 5.75 Å². The number of hydrogen-bond acceptors (Lipinski definition) is 3. The summed E-state index contributed by atoms with van der Waals surface area (Å²) in [4.78, 5) is 0. The second-order valence-electron chi connectivity index (χ2n) is 7.67. The lowest BCUT2D eigenvalue weighted by Gasteiger charge is -2.17. The van der Waals surface area contributed by atoms with Gasteiger partial charge in [0.1, 0.15) is 5.75 Å². The van der Waals surface area contributed by atoms with Gasteiger partial charge in [-0.2, -0.15) is 0 Å². The molecule has 2 heterocycles. The van der Waals surface area contributed by atoms with Crippen molar-refractivity contribution < 1.29 is 4.74 Å². The first-order valence-electron chi connectivity index (χ1n) is 9.06. The van der Waals surface area contributed by atoms with Crippen LogP contribution in [0.3, 0.4) is 0 Å². The van der Waals surface area contributed by atoms with Gasteiger partial charge < -0.3 is 15.4 Å². The number of nitrogens with one attached hydrogen (secondary N) is 2. The van der Waals surface area contributed by atoms with Crippen LogP contribution in [0, 0.1) is 0 Å². The van der Waals surface area contributed by atoms with Gasteiger partial charge in [-0.3, -0.25) is 0 Å². The van der Waals surface area contributed by atoms with Crippen molar-refractivity contribution in [3.8, 4) is 5.75 Å². The smallest absolute Gasteiger partial charge is 0.123 e. The van der Waals surface area contributed by atoms with E-state index >= 15 is 0 Å². The fourth-order valence-electron chi connectivity index (χ4n) is 3.82. The zero-order valence-electron chi connectivity index (χ0n) is 14.9. The molecule has 0 fully saturated rings. The zero-order chi connectivity index (χ0) is 17.4. The summed E-state index contributed by atoms with van der Waals surface area (Å²) in [5, 5.41) is 7.85. The minimum atomic E-state index is 0.106. The Morgan fingerprint density at radius 2 is 2.00 bits per heavy atom. The molecule has 4 rings (SSSR count). The molecule has 0 bridgehead atoms. The van der Waals surface area contributed by atoms with Crippen LogP contribution in [0.15, 0.2) is 30.3 Å². The van der Waals surface area contributed by atoms with Gasteiger partial charge in [-0.05, 0) is 54.8 Å². The molecule has 2 aromatic carbocycles. The molecule has 2 N–H and O–H groups in total. The molecule has 0 saturated carbocycles. The summed E-state index contributed by atoms with van der Waals surface area (Å²) >= 11 is 6.50. The minimum absolute atomic E-state index is 0.106. The molecular weight excluding hydrogens is 332 g/mol. The number of rotatable bonds is 3. The van der Waals surface area contributed by atoms with Crippen molar-refractivity contribution in [2.45, 2.75) is 38.6 Å². The number of benzene rings is 2.